The SMILES string of the molecule is CC1CCC2C3C4CCCCC4C([Si](C)(C)C4CCC5CCCCC54)C3N(C)C2C1. The number of fused-ring (bicyclic) bond motifs is 6. The van der Waals surface area contributed by atoms with Crippen molar-refractivity contribution in [3.63, 3.8) is 0 Å². The van der Waals surface area contributed by atoms with E-state index < -0.39 is 8.07 Å². The van der Waals surface area contributed by atoms with Crippen LogP contribution in [0.3, 0.4) is 0 Å². The molecule has 0 amide bonds. The van der Waals surface area contributed by atoms with Crippen molar-refractivity contribution in [2.24, 2.45) is 41.4 Å². The molecule has 2 heteroatoms. The van der Waals surface area contributed by atoms with E-state index in [0.29, 0.717) is 0 Å². The Balaban J connectivity index is 1.35. The van der Waals surface area contributed by atoms with Crippen LogP contribution in [0.25, 0.3) is 0 Å². The minimum atomic E-state index is -1.30. The lowest BCUT2D eigenvalue weighted by molar-refractivity contribution is 0.116. The second kappa shape index (κ2) is 7.61. The molecule has 0 bridgehead atoms. The zero-order chi connectivity index (χ0) is 20.6. The van der Waals surface area contributed by atoms with E-state index in [1.54, 1.807) is 70.6 Å². The van der Waals surface area contributed by atoms with Crippen LogP contribution in [-0.4, -0.2) is 32.1 Å². The smallest absolute Gasteiger partial charge is 0.0558 e. The fourth-order valence-corrected chi connectivity index (χ4v) is 17.2. The summed E-state index contributed by atoms with van der Waals surface area (Å²) in [6, 6.07) is 1.91. The highest BCUT2D eigenvalue weighted by Crippen LogP contribution is 2.68. The van der Waals surface area contributed by atoms with Gasteiger partial charge in [-0.25, -0.2) is 0 Å². The third-order valence-electron chi connectivity index (χ3n) is 12.4. The van der Waals surface area contributed by atoms with Gasteiger partial charge < -0.3 is 0 Å². The Morgan fingerprint density at radius 1 is 0.700 bits per heavy atom. The van der Waals surface area contributed by atoms with Crippen LogP contribution in [-0.2, 0) is 0 Å². The van der Waals surface area contributed by atoms with Crippen LogP contribution in [0.2, 0.25) is 24.2 Å². The first kappa shape index (κ1) is 20.8. The van der Waals surface area contributed by atoms with Gasteiger partial charge in [0.1, 0.15) is 0 Å². The first-order chi connectivity index (χ1) is 14.5. The van der Waals surface area contributed by atoms with Gasteiger partial charge in [-0.3, -0.25) is 4.90 Å². The molecule has 5 saturated carbocycles. The topological polar surface area (TPSA) is 3.24 Å². The lowest BCUT2D eigenvalue weighted by atomic mass is 9.68. The fraction of sp³-hybridized carbons (Fsp3) is 1.00. The normalized spacial score (nSPS) is 53.8. The van der Waals surface area contributed by atoms with E-state index in [9.17, 15) is 0 Å². The van der Waals surface area contributed by atoms with Gasteiger partial charge >= 0.3 is 0 Å². The molecule has 11 unspecified atom stereocenters. The maximum absolute atomic E-state index is 3.05. The molecule has 6 aliphatic rings. The maximum atomic E-state index is 3.05. The summed E-state index contributed by atoms with van der Waals surface area (Å²) in [7, 11) is 1.30. The quantitative estimate of drug-likeness (QED) is 0.410. The zero-order valence-corrected chi connectivity index (χ0v) is 21.5. The molecule has 1 aliphatic heterocycles. The van der Waals surface area contributed by atoms with E-state index in [2.05, 4.69) is 32.0 Å². The van der Waals surface area contributed by atoms with Gasteiger partial charge in [0.25, 0.3) is 0 Å². The third kappa shape index (κ3) is 2.94. The summed E-state index contributed by atoms with van der Waals surface area (Å²) in [5.74, 6) is 7.59. The third-order valence-corrected chi connectivity index (χ3v) is 17.5. The molecule has 30 heavy (non-hydrogen) atoms. The Bertz CT molecular complexity index is 645. The molecule has 0 radical (unpaired) electrons. The molecule has 1 saturated heterocycles. The van der Waals surface area contributed by atoms with Crippen molar-refractivity contribution in [2.45, 2.75) is 127 Å². The van der Waals surface area contributed by atoms with Gasteiger partial charge in [-0.1, -0.05) is 84.2 Å². The van der Waals surface area contributed by atoms with E-state index in [4.69, 9.17) is 0 Å². The molecule has 5 aliphatic carbocycles. The van der Waals surface area contributed by atoms with Crippen molar-refractivity contribution in [2.75, 3.05) is 7.05 Å². The van der Waals surface area contributed by atoms with E-state index >= 15 is 0 Å². The lowest BCUT2D eigenvalue weighted by Gasteiger charge is -2.48. The van der Waals surface area contributed by atoms with Crippen LogP contribution in [0.1, 0.15) is 90.4 Å². The molecule has 1 heterocycles. The Kier molecular flexibility index (Phi) is 5.27. The molecule has 1 nitrogen and oxygen atoms in total. The van der Waals surface area contributed by atoms with Crippen molar-refractivity contribution in [3.8, 4) is 0 Å². The molecule has 170 valence electrons. The summed E-state index contributed by atoms with van der Waals surface area (Å²) in [4.78, 5) is 3.05. The largest absolute Gasteiger partial charge is 0.300 e. The molecular weight excluding hydrogens is 378 g/mol. The minimum absolute atomic E-state index is 0.935. The van der Waals surface area contributed by atoms with Gasteiger partial charge in [-0.2, -0.15) is 0 Å². The lowest BCUT2D eigenvalue weighted by Crippen LogP contribution is -2.50. The second-order valence-corrected chi connectivity index (χ2v) is 18.8. The standard InChI is InChI=1S/C28H49NSi/c1-18-13-15-23-24(17-18)29(2)27-26(23)21-11-7-8-12-22(21)28(27)30(3,4)25-16-14-19-9-5-6-10-20(19)25/h18-28H,5-17H2,1-4H3. The van der Waals surface area contributed by atoms with E-state index in [1.165, 1.54) is 12.8 Å². The molecule has 11 atom stereocenters. The maximum Gasteiger partial charge on any atom is 0.0558 e. The zero-order valence-electron chi connectivity index (χ0n) is 20.5. The average molecular weight is 428 g/mol. The molecule has 6 fully saturated rings. The Morgan fingerprint density at radius 3 is 2.20 bits per heavy atom. The van der Waals surface area contributed by atoms with Crippen molar-refractivity contribution in [1.82, 2.24) is 4.90 Å². The summed E-state index contributed by atoms with van der Waals surface area (Å²) >= 11 is 0. The monoisotopic (exact) mass is 427 g/mol. The van der Waals surface area contributed by atoms with Crippen LogP contribution in [0, 0.1) is 41.4 Å². The number of nitrogens with zero attached hydrogens (tertiary/aromatic N) is 1. The summed E-state index contributed by atoms with van der Waals surface area (Å²) in [5.41, 5.74) is 2.27. The van der Waals surface area contributed by atoms with Gasteiger partial charge in [-0.05, 0) is 78.8 Å². The van der Waals surface area contributed by atoms with E-state index in [-0.39, 0.29) is 0 Å². The number of hydrogen-bond acceptors (Lipinski definition) is 1. The van der Waals surface area contributed by atoms with Gasteiger partial charge in [0.05, 0.1) is 8.07 Å². The van der Waals surface area contributed by atoms with Crippen molar-refractivity contribution in [1.29, 1.82) is 0 Å². The highest BCUT2D eigenvalue weighted by Gasteiger charge is 2.66. The molecule has 0 aromatic carbocycles. The Labute approximate surface area is 188 Å². The van der Waals surface area contributed by atoms with E-state index in [0.717, 1.165) is 64.6 Å². The average Bonchev–Trinajstić information content (AvgIpc) is 3.40. The van der Waals surface area contributed by atoms with Gasteiger partial charge in [-0.15, -0.1) is 0 Å². The Hall–Kier alpha value is 0.177. The summed E-state index contributed by atoms with van der Waals surface area (Å²) in [6.45, 7) is 8.39. The first-order valence-corrected chi connectivity index (χ1v) is 17.4. The predicted molar refractivity (Wildman–Crippen MR) is 130 cm³/mol. The summed E-state index contributed by atoms with van der Waals surface area (Å²) in [6.07, 6.45) is 20.4. The van der Waals surface area contributed by atoms with Gasteiger partial charge in [0, 0.05) is 12.1 Å². The van der Waals surface area contributed by atoms with Crippen molar-refractivity contribution >= 4 is 8.07 Å². The molecule has 0 spiro atoms. The summed E-state index contributed by atoms with van der Waals surface area (Å²) in [5, 5.41) is 0. The summed E-state index contributed by atoms with van der Waals surface area (Å²) < 4.78 is 0. The van der Waals surface area contributed by atoms with Crippen LogP contribution >= 0.6 is 0 Å². The van der Waals surface area contributed by atoms with Crippen molar-refractivity contribution < 1.29 is 0 Å². The Morgan fingerprint density at radius 2 is 1.40 bits per heavy atom. The van der Waals surface area contributed by atoms with Gasteiger partial charge in [0.15, 0.2) is 0 Å². The van der Waals surface area contributed by atoms with Crippen LogP contribution < -0.4 is 0 Å². The predicted octanol–water partition coefficient (Wildman–Crippen LogP) is 7.59. The highest BCUT2D eigenvalue weighted by molar-refractivity contribution is 6.80. The minimum Gasteiger partial charge on any atom is -0.300 e. The van der Waals surface area contributed by atoms with Crippen LogP contribution in [0.15, 0.2) is 0 Å². The van der Waals surface area contributed by atoms with Gasteiger partial charge in [0.2, 0.25) is 0 Å². The highest BCUT2D eigenvalue weighted by atomic mass is 28.3. The fourth-order valence-electron chi connectivity index (χ4n) is 11.4. The molecule has 0 aromatic heterocycles. The molecule has 0 aromatic rings. The first-order valence-electron chi connectivity index (χ1n) is 14.2. The van der Waals surface area contributed by atoms with Crippen LogP contribution in [0.5, 0.6) is 0 Å². The van der Waals surface area contributed by atoms with Crippen LogP contribution in [0.4, 0.5) is 0 Å². The van der Waals surface area contributed by atoms with Crippen molar-refractivity contribution in [3.05, 3.63) is 0 Å². The number of likely N-dealkylation sites (tertiary alicyclic amines) is 1. The molecule has 0 N–H and O–H groups in total. The second-order valence-electron chi connectivity index (χ2n) is 13.7. The number of hydrogen-bond donors (Lipinski definition) is 0. The number of rotatable bonds is 2. The molecular formula is C28H49NSi. The molecule has 6 rings (SSSR count). The van der Waals surface area contributed by atoms with E-state index in [1.807, 2.05) is 0 Å².